The molecule has 1 aromatic heterocycles. The molecule has 5 rings (SSSR count). The summed E-state index contributed by atoms with van der Waals surface area (Å²) in [5.74, 6) is 1.13. The predicted octanol–water partition coefficient (Wildman–Crippen LogP) is 4.88. The number of fused-ring (bicyclic) bond motifs is 4. The van der Waals surface area contributed by atoms with Crippen LogP contribution in [0.2, 0.25) is 0 Å². The lowest BCUT2D eigenvalue weighted by atomic mass is 9.70. The van der Waals surface area contributed by atoms with Gasteiger partial charge in [0.15, 0.2) is 0 Å². The van der Waals surface area contributed by atoms with E-state index < -0.39 is 0 Å². The quantitative estimate of drug-likeness (QED) is 0.596. The van der Waals surface area contributed by atoms with Gasteiger partial charge in [-0.1, -0.05) is 48.9 Å². The van der Waals surface area contributed by atoms with Gasteiger partial charge in [0.25, 0.3) is 0 Å². The zero-order valence-corrected chi connectivity index (χ0v) is 14.0. The Morgan fingerprint density at radius 1 is 0.880 bits per heavy atom. The van der Waals surface area contributed by atoms with E-state index in [9.17, 15) is 4.79 Å². The van der Waals surface area contributed by atoms with E-state index >= 15 is 0 Å². The van der Waals surface area contributed by atoms with Crippen LogP contribution in [0.25, 0.3) is 11.0 Å². The second-order valence-electron chi connectivity index (χ2n) is 7.12. The van der Waals surface area contributed by atoms with Crippen LogP contribution in [0.1, 0.15) is 42.7 Å². The Hall–Kier alpha value is -2.55. The maximum atomic E-state index is 12.9. The van der Waals surface area contributed by atoms with Gasteiger partial charge in [-0.05, 0) is 37.0 Å². The molecule has 3 aromatic rings. The third kappa shape index (κ3) is 2.30. The Labute approximate surface area is 146 Å². The second-order valence-corrected chi connectivity index (χ2v) is 7.12. The van der Waals surface area contributed by atoms with Crippen LogP contribution >= 0.6 is 0 Å². The molecular weight excluding hydrogens is 312 g/mol. The third-order valence-corrected chi connectivity index (χ3v) is 5.72. The molecule has 0 radical (unpaired) electrons. The van der Waals surface area contributed by atoms with Crippen molar-refractivity contribution in [2.75, 3.05) is 0 Å². The summed E-state index contributed by atoms with van der Waals surface area (Å²) in [5.41, 5.74) is 2.23. The maximum Gasteiger partial charge on any atom is 0.343 e. The molecule has 0 bridgehead atoms. The summed E-state index contributed by atoms with van der Waals surface area (Å²) in [6, 6.07) is 18.0. The second kappa shape index (κ2) is 5.76. The number of ether oxygens (including phenoxy) is 1. The molecule has 3 heteroatoms. The zero-order chi connectivity index (χ0) is 16.8. The average Bonchev–Trinajstić information content (AvgIpc) is 2.67. The molecule has 1 unspecified atom stereocenters. The van der Waals surface area contributed by atoms with Gasteiger partial charge in [0.2, 0.25) is 0 Å². The van der Waals surface area contributed by atoms with Crippen molar-refractivity contribution in [2.45, 2.75) is 37.7 Å². The molecule has 0 spiro atoms. The molecule has 1 saturated carbocycles. The largest absolute Gasteiger partial charge is 0.489 e. The molecule has 2 aliphatic rings. The predicted molar refractivity (Wildman–Crippen MR) is 97.1 cm³/mol. The minimum atomic E-state index is -0.258. The van der Waals surface area contributed by atoms with Crippen molar-refractivity contribution < 1.29 is 9.15 Å². The van der Waals surface area contributed by atoms with E-state index in [4.69, 9.17) is 9.15 Å². The summed E-state index contributed by atoms with van der Waals surface area (Å²) >= 11 is 0. The first-order valence-corrected chi connectivity index (χ1v) is 9.10. The van der Waals surface area contributed by atoms with E-state index in [1.165, 1.54) is 18.4 Å². The van der Waals surface area contributed by atoms with Crippen molar-refractivity contribution in [1.29, 1.82) is 0 Å². The molecule has 1 aliphatic carbocycles. The van der Waals surface area contributed by atoms with Gasteiger partial charge in [-0.15, -0.1) is 0 Å². The highest BCUT2D eigenvalue weighted by atomic mass is 16.5. The minimum Gasteiger partial charge on any atom is -0.489 e. The van der Waals surface area contributed by atoms with E-state index in [1.54, 1.807) is 0 Å². The molecule has 0 N–H and O–H groups in total. The number of hydrogen-bond donors (Lipinski definition) is 0. The molecule has 0 amide bonds. The van der Waals surface area contributed by atoms with Crippen LogP contribution in [0.5, 0.6) is 5.75 Å². The van der Waals surface area contributed by atoms with Crippen molar-refractivity contribution in [3.05, 3.63) is 76.1 Å². The molecule has 3 nitrogen and oxygen atoms in total. The Morgan fingerprint density at radius 2 is 1.64 bits per heavy atom. The highest BCUT2D eigenvalue weighted by Gasteiger charge is 2.43. The average molecular weight is 332 g/mol. The highest BCUT2D eigenvalue weighted by molar-refractivity contribution is 5.85. The van der Waals surface area contributed by atoms with Crippen LogP contribution < -0.4 is 10.4 Å². The molecule has 1 fully saturated rings. The molecule has 2 heterocycles. The fourth-order valence-corrected chi connectivity index (χ4v) is 4.62. The Bertz CT molecular complexity index is 973. The first-order valence-electron chi connectivity index (χ1n) is 9.10. The number of rotatable bonds is 1. The third-order valence-electron chi connectivity index (χ3n) is 5.72. The summed E-state index contributed by atoms with van der Waals surface area (Å²) in [7, 11) is 0. The molecular formula is C22H20O3. The topological polar surface area (TPSA) is 39.4 Å². The summed E-state index contributed by atoms with van der Waals surface area (Å²) in [5, 5.41) is 0.905. The molecule has 1 aliphatic heterocycles. The molecule has 25 heavy (non-hydrogen) atoms. The van der Waals surface area contributed by atoms with E-state index in [-0.39, 0.29) is 17.6 Å². The van der Waals surface area contributed by atoms with Crippen LogP contribution in [0.3, 0.4) is 0 Å². The maximum absolute atomic E-state index is 12.9. The van der Waals surface area contributed by atoms with E-state index in [0.717, 1.165) is 24.0 Å². The molecule has 2 aromatic carbocycles. The van der Waals surface area contributed by atoms with E-state index in [0.29, 0.717) is 17.1 Å². The summed E-state index contributed by atoms with van der Waals surface area (Å²) in [4.78, 5) is 12.9. The SMILES string of the molecule is O=c1oc2ccccc2c2c1[C@@H](c1ccccc1)C1CCCC[C@H]1O2. The van der Waals surface area contributed by atoms with Crippen LogP contribution in [0.4, 0.5) is 0 Å². The number of hydrogen-bond acceptors (Lipinski definition) is 3. The van der Waals surface area contributed by atoms with Crippen molar-refractivity contribution in [3.63, 3.8) is 0 Å². The number of para-hydroxylation sites is 1. The van der Waals surface area contributed by atoms with Crippen molar-refractivity contribution in [2.24, 2.45) is 5.92 Å². The Morgan fingerprint density at radius 3 is 2.52 bits per heavy atom. The van der Waals surface area contributed by atoms with Crippen molar-refractivity contribution in [1.82, 2.24) is 0 Å². The van der Waals surface area contributed by atoms with E-state index in [1.807, 2.05) is 42.5 Å². The van der Waals surface area contributed by atoms with Crippen LogP contribution in [-0.2, 0) is 0 Å². The van der Waals surface area contributed by atoms with Crippen molar-refractivity contribution in [3.8, 4) is 5.75 Å². The van der Waals surface area contributed by atoms with Gasteiger partial charge >= 0.3 is 5.63 Å². The zero-order valence-electron chi connectivity index (χ0n) is 14.0. The fraction of sp³-hybridized carbons (Fsp3) is 0.318. The minimum absolute atomic E-state index is 0.0520. The van der Waals surface area contributed by atoms with E-state index in [2.05, 4.69) is 12.1 Å². The normalized spacial score (nSPS) is 25.0. The van der Waals surface area contributed by atoms with Gasteiger partial charge < -0.3 is 9.15 Å². The van der Waals surface area contributed by atoms with Crippen LogP contribution in [0.15, 0.2) is 63.8 Å². The first-order chi connectivity index (χ1) is 12.3. The fourth-order valence-electron chi connectivity index (χ4n) is 4.62. The van der Waals surface area contributed by atoms with Gasteiger partial charge in [0, 0.05) is 11.8 Å². The summed E-state index contributed by atoms with van der Waals surface area (Å²) in [6.07, 6.45) is 4.72. The lowest BCUT2D eigenvalue weighted by molar-refractivity contribution is 0.0636. The molecule has 0 saturated heterocycles. The summed E-state index contributed by atoms with van der Waals surface area (Å²) in [6.45, 7) is 0. The van der Waals surface area contributed by atoms with Crippen LogP contribution in [-0.4, -0.2) is 6.10 Å². The van der Waals surface area contributed by atoms with Crippen molar-refractivity contribution >= 4 is 11.0 Å². The molecule has 3 atom stereocenters. The van der Waals surface area contributed by atoms with Gasteiger partial charge in [-0.3, -0.25) is 0 Å². The van der Waals surface area contributed by atoms with Gasteiger partial charge in [0.05, 0.1) is 10.9 Å². The van der Waals surface area contributed by atoms with Gasteiger partial charge in [0.1, 0.15) is 17.4 Å². The Balaban J connectivity index is 1.81. The lowest BCUT2D eigenvalue weighted by Gasteiger charge is -2.42. The Kier molecular flexibility index (Phi) is 3.40. The van der Waals surface area contributed by atoms with Gasteiger partial charge in [-0.2, -0.15) is 0 Å². The highest BCUT2D eigenvalue weighted by Crippen LogP contribution is 2.49. The standard InChI is InChI=1S/C22H20O3/c23-22-20-19(14-8-2-1-3-9-14)15-10-4-6-12-17(15)24-21(20)16-11-5-7-13-18(16)25-22/h1-3,5,7-9,11,13,15,17,19H,4,6,10,12H2/t15?,17-,19+/m1/s1. The van der Waals surface area contributed by atoms with Crippen LogP contribution in [0, 0.1) is 5.92 Å². The van der Waals surface area contributed by atoms with Gasteiger partial charge in [-0.25, -0.2) is 4.79 Å². The number of benzene rings is 2. The smallest absolute Gasteiger partial charge is 0.343 e. The molecule has 126 valence electrons. The summed E-state index contributed by atoms with van der Waals surface area (Å²) < 4.78 is 12.1. The first kappa shape index (κ1) is 14.8. The lowest BCUT2D eigenvalue weighted by Crippen LogP contribution is -2.41. The monoisotopic (exact) mass is 332 g/mol.